The molecular weight excluding hydrogens is 282 g/mol. The lowest BCUT2D eigenvalue weighted by molar-refractivity contribution is 0.0922. The first-order chi connectivity index (χ1) is 8.16. The molecular formula is C13H12BrNO2. The quantitative estimate of drug-likeness (QED) is 0.944. The molecule has 0 radical (unpaired) electrons. The van der Waals surface area contributed by atoms with E-state index in [1.54, 1.807) is 6.07 Å². The fraction of sp³-hybridized carbons (Fsp3) is 0.154. The molecule has 0 aliphatic heterocycles. The lowest BCUT2D eigenvalue weighted by Gasteiger charge is -2.04. The van der Waals surface area contributed by atoms with Gasteiger partial charge in [-0.25, -0.2) is 0 Å². The number of aryl methyl sites for hydroxylation is 1. The molecule has 1 amide bonds. The maximum absolute atomic E-state index is 11.8. The molecule has 0 saturated heterocycles. The number of halogens is 1. The van der Waals surface area contributed by atoms with Gasteiger partial charge in [-0.1, -0.05) is 28.1 Å². The van der Waals surface area contributed by atoms with Gasteiger partial charge in [0.2, 0.25) is 0 Å². The van der Waals surface area contributed by atoms with Crippen molar-refractivity contribution >= 4 is 21.8 Å². The van der Waals surface area contributed by atoms with Crippen LogP contribution in [-0.4, -0.2) is 5.91 Å². The highest BCUT2D eigenvalue weighted by molar-refractivity contribution is 9.10. The third kappa shape index (κ3) is 2.97. The van der Waals surface area contributed by atoms with Crippen molar-refractivity contribution in [3.8, 4) is 0 Å². The molecule has 0 saturated carbocycles. The van der Waals surface area contributed by atoms with Gasteiger partial charge < -0.3 is 9.73 Å². The van der Waals surface area contributed by atoms with Crippen molar-refractivity contribution in [2.45, 2.75) is 13.5 Å². The van der Waals surface area contributed by atoms with Crippen LogP contribution in [0.5, 0.6) is 0 Å². The summed E-state index contributed by atoms with van der Waals surface area (Å²) in [7, 11) is 0. The van der Waals surface area contributed by atoms with Gasteiger partial charge in [-0.2, -0.15) is 0 Å². The number of nitrogens with one attached hydrogen (secondary N) is 1. The molecule has 3 nitrogen and oxygen atoms in total. The molecule has 0 unspecified atom stereocenters. The van der Waals surface area contributed by atoms with Crippen molar-refractivity contribution < 1.29 is 9.21 Å². The first-order valence-corrected chi connectivity index (χ1v) is 6.03. The van der Waals surface area contributed by atoms with Gasteiger partial charge in [0.05, 0.1) is 6.26 Å². The van der Waals surface area contributed by atoms with Crippen LogP contribution in [0.25, 0.3) is 0 Å². The number of furan rings is 1. The van der Waals surface area contributed by atoms with Crippen molar-refractivity contribution in [1.29, 1.82) is 0 Å². The Morgan fingerprint density at radius 1 is 1.41 bits per heavy atom. The van der Waals surface area contributed by atoms with Crippen molar-refractivity contribution in [3.63, 3.8) is 0 Å². The fourth-order valence-corrected chi connectivity index (χ4v) is 1.96. The Morgan fingerprint density at radius 3 is 2.88 bits per heavy atom. The molecule has 1 heterocycles. The van der Waals surface area contributed by atoms with Gasteiger partial charge in [0.15, 0.2) is 5.76 Å². The van der Waals surface area contributed by atoms with Crippen LogP contribution in [0.15, 0.2) is 45.5 Å². The lowest BCUT2D eigenvalue weighted by atomic mass is 10.2. The predicted molar refractivity (Wildman–Crippen MR) is 68.8 cm³/mol. The molecule has 0 atom stereocenters. The summed E-state index contributed by atoms with van der Waals surface area (Å²) >= 11 is 3.39. The number of rotatable bonds is 3. The number of carbonyl (C=O) groups excluding carboxylic acids is 1. The topological polar surface area (TPSA) is 42.2 Å². The van der Waals surface area contributed by atoms with E-state index in [0.717, 1.165) is 15.6 Å². The normalized spacial score (nSPS) is 10.2. The maximum Gasteiger partial charge on any atom is 0.287 e. The molecule has 1 aromatic carbocycles. The molecule has 0 aliphatic carbocycles. The largest absolute Gasteiger partial charge is 0.459 e. The maximum atomic E-state index is 11.8. The summed E-state index contributed by atoms with van der Waals surface area (Å²) in [6, 6.07) is 9.58. The number of amides is 1. The fourth-order valence-electron chi connectivity index (χ4n) is 1.51. The number of hydrogen-bond acceptors (Lipinski definition) is 2. The predicted octanol–water partition coefficient (Wildman–Crippen LogP) is 3.28. The zero-order valence-electron chi connectivity index (χ0n) is 9.37. The third-order valence-electron chi connectivity index (χ3n) is 2.41. The summed E-state index contributed by atoms with van der Waals surface area (Å²) in [5, 5.41) is 2.82. The van der Waals surface area contributed by atoms with Crippen molar-refractivity contribution in [3.05, 3.63) is 58.0 Å². The smallest absolute Gasteiger partial charge is 0.287 e. The van der Waals surface area contributed by atoms with Gasteiger partial charge in [0.25, 0.3) is 5.91 Å². The van der Waals surface area contributed by atoms with Crippen LogP contribution in [-0.2, 0) is 6.54 Å². The Labute approximate surface area is 108 Å². The second-order valence-electron chi connectivity index (χ2n) is 3.75. The van der Waals surface area contributed by atoms with Gasteiger partial charge in [-0.15, -0.1) is 0 Å². The molecule has 1 aromatic heterocycles. The van der Waals surface area contributed by atoms with Gasteiger partial charge in [-0.3, -0.25) is 4.79 Å². The van der Waals surface area contributed by atoms with Crippen LogP contribution in [0.3, 0.4) is 0 Å². The molecule has 0 spiro atoms. The first kappa shape index (κ1) is 11.9. The Bertz CT molecular complexity index is 534. The van der Waals surface area contributed by atoms with E-state index in [2.05, 4.69) is 21.2 Å². The Hall–Kier alpha value is -1.55. The van der Waals surface area contributed by atoms with Crippen LogP contribution >= 0.6 is 15.9 Å². The Balaban J connectivity index is 1.99. The average Bonchev–Trinajstić information content (AvgIpc) is 2.72. The van der Waals surface area contributed by atoms with E-state index in [1.807, 2.05) is 31.2 Å². The number of carbonyl (C=O) groups is 1. The minimum atomic E-state index is -0.188. The Morgan fingerprint density at radius 2 is 2.24 bits per heavy atom. The van der Waals surface area contributed by atoms with E-state index in [9.17, 15) is 4.79 Å². The monoisotopic (exact) mass is 293 g/mol. The highest BCUT2D eigenvalue weighted by Gasteiger charge is 2.11. The van der Waals surface area contributed by atoms with Gasteiger partial charge in [-0.05, 0) is 30.7 Å². The van der Waals surface area contributed by atoms with Crippen LogP contribution in [0.4, 0.5) is 0 Å². The summed E-state index contributed by atoms with van der Waals surface area (Å²) in [6.45, 7) is 2.33. The minimum absolute atomic E-state index is 0.188. The van der Waals surface area contributed by atoms with Gasteiger partial charge >= 0.3 is 0 Å². The molecule has 0 fully saturated rings. The average molecular weight is 294 g/mol. The highest BCUT2D eigenvalue weighted by Crippen LogP contribution is 2.12. The van der Waals surface area contributed by atoms with Gasteiger partial charge in [0, 0.05) is 16.6 Å². The SMILES string of the molecule is Cc1ccoc1C(=O)NCc1cccc(Br)c1. The summed E-state index contributed by atoms with van der Waals surface area (Å²) in [5.74, 6) is 0.187. The molecule has 4 heteroatoms. The molecule has 2 aromatic rings. The lowest BCUT2D eigenvalue weighted by Crippen LogP contribution is -2.22. The number of hydrogen-bond donors (Lipinski definition) is 1. The summed E-state index contributed by atoms with van der Waals surface area (Å²) in [4.78, 5) is 11.8. The minimum Gasteiger partial charge on any atom is -0.459 e. The summed E-state index contributed by atoms with van der Waals surface area (Å²) < 4.78 is 6.12. The summed E-state index contributed by atoms with van der Waals surface area (Å²) in [5.41, 5.74) is 1.88. The zero-order chi connectivity index (χ0) is 12.3. The van der Waals surface area contributed by atoms with Crippen LogP contribution in [0.2, 0.25) is 0 Å². The second kappa shape index (κ2) is 5.19. The van der Waals surface area contributed by atoms with E-state index >= 15 is 0 Å². The molecule has 0 aliphatic rings. The highest BCUT2D eigenvalue weighted by atomic mass is 79.9. The number of benzene rings is 1. The van der Waals surface area contributed by atoms with E-state index in [-0.39, 0.29) is 5.91 Å². The van der Waals surface area contributed by atoms with E-state index < -0.39 is 0 Å². The van der Waals surface area contributed by atoms with E-state index in [1.165, 1.54) is 6.26 Å². The molecule has 17 heavy (non-hydrogen) atoms. The summed E-state index contributed by atoms with van der Waals surface area (Å²) in [6.07, 6.45) is 1.52. The zero-order valence-corrected chi connectivity index (χ0v) is 11.0. The van der Waals surface area contributed by atoms with Crippen LogP contribution in [0.1, 0.15) is 21.7 Å². The van der Waals surface area contributed by atoms with Gasteiger partial charge in [0.1, 0.15) is 0 Å². The van der Waals surface area contributed by atoms with Crippen molar-refractivity contribution in [2.75, 3.05) is 0 Å². The van der Waals surface area contributed by atoms with E-state index in [4.69, 9.17) is 4.42 Å². The molecule has 1 N–H and O–H groups in total. The standard InChI is InChI=1S/C13H12BrNO2/c1-9-5-6-17-12(9)13(16)15-8-10-3-2-4-11(14)7-10/h2-7H,8H2,1H3,(H,15,16). The molecule has 88 valence electrons. The van der Waals surface area contributed by atoms with Crippen LogP contribution in [0, 0.1) is 6.92 Å². The molecule has 0 bridgehead atoms. The first-order valence-electron chi connectivity index (χ1n) is 5.23. The van der Waals surface area contributed by atoms with Crippen LogP contribution < -0.4 is 5.32 Å². The van der Waals surface area contributed by atoms with Crippen molar-refractivity contribution in [2.24, 2.45) is 0 Å². The van der Waals surface area contributed by atoms with E-state index in [0.29, 0.717) is 12.3 Å². The Kier molecular flexibility index (Phi) is 3.64. The third-order valence-corrected chi connectivity index (χ3v) is 2.90. The second-order valence-corrected chi connectivity index (χ2v) is 4.66. The molecule has 2 rings (SSSR count). The van der Waals surface area contributed by atoms with Crippen molar-refractivity contribution in [1.82, 2.24) is 5.32 Å².